The molecule has 23 heavy (non-hydrogen) atoms. The lowest BCUT2D eigenvalue weighted by Gasteiger charge is -2.13. The Morgan fingerprint density at radius 2 is 2.09 bits per heavy atom. The molecule has 126 valence electrons. The zero-order chi connectivity index (χ0) is 16.1. The molecule has 0 aliphatic carbocycles. The third-order valence-electron chi connectivity index (χ3n) is 3.03. The van der Waals surface area contributed by atoms with E-state index in [-0.39, 0.29) is 36.4 Å². The molecule has 2 aromatic rings. The molecule has 0 aliphatic heterocycles. The van der Waals surface area contributed by atoms with Crippen molar-refractivity contribution in [1.82, 2.24) is 24.9 Å². The summed E-state index contributed by atoms with van der Waals surface area (Å²) in [5.74, 6) is 0.550. The number of likely N-dealkylation sites (N-methyl/N-ethyl adjacent to an activating group) is 1. The van der Waals surface area contributed by atoms with Gasteiger partial charge in [0.25, 0.3) is 0 Å². The van der Waals surface area contributed by atoms with Gasteiger partial charge >= 0.3 is 0 Å². The Labute approximate surface area is 160 Å². The highest BCUT2D eigenvalue weighted by Crippen LogP contribution is 2.12. The van der Waals surface area contributed by atoms with Crippen LogP contribution in [0.2, 0.25) is 0 Å². The van der Waals surface area contributed by atoms with E-state index in [1.165, 1.54) is 4.90 Å². The molecule has 2 rings (SSSR count). The van der Waals surface area contributed by atoms with Crippen LogP contribution in [0.5, 0.6) is 0 Å². The Morgan fingerprint density at radius 1 is 1.35 bits per heavy atom. The minimum atomic E-state index is -0.0134. The van der Waals surface area contributed by atoms with E-state index in [0.29, 0.717) is 12.5 Å². The van der Waals surface area contributed by atoms with E-state index in [9.17, 15) is 4.79 Å². The number of aliphatic imine (C=N–C) groups is 1. The number of fused-ring (bicyclic) bond motifs is 1. The maximum Gasteiger partial charge on any atom is 0.241 e. The molecule has 0 spiro atoms. The van der Waals surface area contributed by atoms with Crippen molar-refractivity contribution in [3.05, 3.63) is 34.7 Å². The van der Waals surface area contributed by atoms with E-state index in [1.54, 1.807) is 21.1 Å². The van der Waals surface area contributed by atoms with Crippen LogP contribution in [0.1, 0.15) is 5.69 Å². The van der Waals surface area contributed by atoms with Gasteiger partial charge in [0.15, 0.2) is 5.96 Å². The van der Waals surface area contributed by atoms with Gasteiger partial charge in [-0.05, 0) is 28.1 Å². The SMILES string of the molecule is CN=C(NCC(=O)N(C)C)NCc1cn2cc(Br)ccc2n1.I. The molecule has 0 aliphatic rings. The van der Waals surface area contributed by atoms with Crippen molar-refractivity contribution < 1.29 is 4.79 Å². The molecule has 1 amide bonds. The highest BCUT2D eigenvalue weighted by molar-refractivity contribution is 14.0. The lowest BCUT2D eigenvalue weighted by Crippen LogP contribution is -2.42. The number of hydrogen-bond acceptors (Lipinski definition) is 3. The number of carbonyl (C=O) groups excluding carboxylic acids is 1. The van der Waals surface area contributed by atoms with E-state index >= 15 is 0 Å². The molecule has 0 bridgehead atoms. The second kappa shape index (κ2) is 9.06. The minimum absolute atomic E-state index is 0. The van der Waals surface area contributed by atoms with Crippen LogP contribution in [-0.4, -0.2) is 53.8 Å². The van der Waals surface area contributed by atoms with E-state index in [0.717, 1.165) is 15.8 Å². The Hall–Kier alpha value is -1.36. The summed E-state index contributed by atoms with van der Waals surface area (Å²) in [5.41, 5.74) is 1.77. The summed E-state index contributed by atoms with van der Waals surface area (Å²) in [4.78, 5) is 21.7. The van der Waals surface area contributed by atoms with E-state index in [4.69, 9.17) is 0 Å². The molecule has 2 aromatic heterocycles. The Kier molecular flexibility index (Phi) is 7.76. The van der Waals surface area contributed by atoms with Crippen molar-refractivity contribution in [2.75, 3.05) is 27.7 Å². The van der Waals surface area contributed by atoms with Gasteiger partial charge in [0.1, 0.15) is 5.65 Å². The standard InChI is InChI=1S/C14H19BrN6O.HI/c1-16-14(18-7-13(22)20(2)3)17-6-11-9-21-8-10(15)4-5-12(21)19-11;/h4-5,8-9H,6-7H2,1-3H3,(H2,16,17,18);1H. The second-order valence-electron chi connectivity index (χ2n) is 4.91. The number of carbonyl (C=O) groups is 1. The first kappa shape index (κ1) is 19.7. The molecule has 0 aromatic carbocycles. The van der Waals surface area contributed by atoms with Gasteiger partial charge < -0.3 is 19.9 Å². The van der Waals surface area contributed by atoms with Gasteiger partial charge in [-0.3, -0.25) is 9.79 Å². The predicted octanol–water partition coefficient (Wildman–Crippen LogP) is 1.47. The Bertz CT molecular complexity index is 700. The number of rotatable bonds is 4. The molecular weight excluding hydrogens is 475 g/mol. The van der Waals surface area contributed by atoms with Crippen LogP contribution in [0.15, 0.2) is 34.0 Å². The van der Waals surface area contributed by atoms with Crippen molar-refractivity contribution >= 4 is 57.4 Å². The summed E-state index contributed by atoms with van der Waals surface area (Å²) >= 11 is 3.43. The summed E-state index contributed by atoms with van der Waals surface area (Å²) < 4.78 is 2.95. The van der Waals surface area contributed by atoms with E-state index in [1.807, 2.05) is 28.9 Å². The highest BCUT2D eigenvalue weighted by Gasteiger charge is 2.06. The number of imidazole rings is 1. The fourth-order valence-corrected chi connectivity index (χ4v) is 2.17. The lowest BCUT2D eigenvalue weighted by atomic mass is 10.4. The van der Waals surface area contributed by atoms with Gasteiger partial charge in [-0.15, -0.1) is 24.0 Å². The van der Waals surface area contributed by atoms with Gasteiger partial charge in [0.05, 0.1) is 18.8 Å². The highest BCUT2D eigenvalue weighted by atomic mass is 127. The van der Waals surface area contributed by atoms with Crippen molar-refractivity contribution in [3.8, 4) is 0 Å². The number of aromatic nitrogens is 2. The third kappa shape index (κ3) is 5.65. The number of halogens is 2. The van der Waals surface area contributed by atoms with Crippen molar-refractivity contribution in [2.24, 2.45) is 4.99 Å². The van der Waals surface area contributed by atoms with Crippen LogP contribution in [-0.2, 0) is 11.3 Å². The first-order chi connectivity index (χ1) is 10.5. The molecule has 2 N–H and O–H groups in total. The van der Waals surface area contributed by atoms with E-state index in [2.05, 4.69) is 36.5 Å². The average molecular weight is 495 g/mol. The van der Waals surface area contributed by atoms with E-state index < -0.39 is 0 Å². The van der Waals surface area contributed by atoms with Gasteiger partial charge in [-0.2, -0.15) is 0 Å². The largest absolute Gasteiger partial charge is 0.351 e. The Balaban J connectivity index is 0.00000264. The zero-order valence-corrected chi connectivity index (χ0v) is 17.1. The van der Waals surface area contributed by atoms with Crippen molar-refractivity contribution in [1.29, 1.82) is 0 Å². The first-order valence-electron chi connectivity index (χ1n) is 6.77. The molecule has 7 nitrogen and oxygen atoms in total. The second-order valence-corrected chi connectivity index (χ2v) is 5.83. The maximum absolute atomic E-state index is 11.5. The summed E-state index contributed by atoms with van der Waals surface area (Å²) in [7, 11) is 5.10. The molecule has 0 radical (unpaired) electrons. The summed E-state index contributed by atoms with van der Waals surface area (Å²) in [6.45, 7) is 0.722. The molecule has 0 saturated carbocycles. The fourth-order valence-electron chi connectivity index (χ4n) is 1.81. The van der Waals surface area contributed by atoms with Gasteiger partial charge in [-0.25, -0.2) is 4.98 Å². The number of nitrogens with one attached hydrogen (secondary N) is 2. The number of nitrogens with zero attached hydrogens (tertiary/aromatic N) is 4. The van der Waals surface area contributed by atoms with Crippen LogP contribution >= 0.6 is 39.9 Å². The molecule has 0 fully saturated rings. The normalized spacial score (nSPS) is 11.0. The maximum atomic E-state index is 11.5. The van der Waals surface area contributed by atoms with Crippen LogP contribution < -0.4 is 10.6 Å². The molecular formula is C14H20BrIN6O. The summed E-state index contributed by atoms with van der Waals surface area (Å²) in [6, 6.07) is 3.89. The van der Waals surface area contributed by atoms with Gasteiger partial charge in [0, 0.05) is 38.0 Å². The molecule has 9 heteroatoms. The fraction of sp³-hybridized carbons (Fsp3) is 0.357. The van der Waals surface area contributed by atoms with Crippen molar-refractivity contribution in [2.45, 2.75) is 6.54 Å². The van der Waals surface area contributed by atoms with Crippen LogP contribution in [0.3, 0.4) is 0 Å². The van der Waals surface area contributed by atoms with Crippen LogP contribution in [0, 0.1) is 0 Å². The monoisotopic (exact) mass is 494 g/mol. The summed E-state index contributed by atoms with van der Waals surface area (Å²) in [6.07, 6.45) is 3.90. The smallest absolute Gasteiger partial charge is 0.241 e. The molecule has 0 atom stereocenters. The van der Waals surface area contributed by atoms with Crippen molar-refractivity contribution in [3.63, 3.8) is 0 Å². The predicted molar refractivity (Wildman–Crippen MR) is 105 cm³/mol. The zero-order valence-electron chi connectivity index (χ0n) is 13.2. The lowest BCUT2D eigenvalue weighted by molar-refractivity contribution is -0.127. The topological polar surface area (TPSA) is 74.0 Å². The Morgan fingerprint density at radius 3 is 2.74 bits per heavy atom. The molecule has 2 heterocycles. The molecule has 0 unspecified atom stereocenters. The van der Waals surface area contributed by atoms with Gasteiger partial charge in [-0.1, -0.05) is 0 Å². The average Bonchev–Trinajstić information content (AvgIpc) is 2.88. The number of amides is 1. The first-order valence-corrected chi connectivity index (χ1v) is 7.56. The number of hydrogen-bond donors (Lipinski definition) is 2. The molecule has 0 saturated heterocycles. The third-order valence-corrected chi connectivity index (χ3v) is 3.50. The van der Waals surface area contributed by atoms with Gasteiger partial charge in [0.2, 0.25) is 5.91 Å². The van der Waals surface area contributed by atoms with Crippen LogP contribution in [0.25, 0.3) is 5.65 Å². The van der Waals surface area contributed by atoms with Crippen LogP contribution in [0.4, 0.5) is 0 Å². The number of guanidine groups is 1. The minimum Gasteiger partial charge on any atom is -0.351 e. The summed E-state index contributed by atoms with van der Waals surface area (Å²) in [5, 5.41) is 6.11. The quantitative estimate of drug-likeness (QED) is 0.383. The number of pyridine rings is 1.